The van der Waals surface area contributed by atoms with E-state index in [0.29, 0.717) is 25.4 Å². The van der Waals surface area contributed by atoms with Gasteiger partial charge in [0.05, 0.1) is 7.11 Å². The van der Waals surface area contributed by atoms with Crippen molar-refractivity contribution in [3.63, 3.8) is 0 Å². The van der Waals surface area contributed by atoms with Crippen LogP contribution in [0.2, 0.25) is 0 Å². The van der Waals surface area contributed by atoms with Gasteiger partial charge in [0.2, 0.25) is 5.91 Å². The summed E-state index contributed by atoms with van der Waals surface area (Å²) in [5.74, 6) is 2.26. The molecule has 1 saturated heterocycles. The van der Waals surface area contributed by atoms with Crippen LogP contribution in [0.1, 0.15) is 29.9 Å². The van der Waals surface area contributed by atoms with Crippen LogP contribution in [0.5, 0.6) is 5.75 Å². The second kappa shape index (κ2) is 12.4. The van der Waals surface area contributed by atoms with Gasteiger partial charge < -0.3 is 20.3 Å². The Balaban J connectivity index is 0.00000320. The van der Waals surface area contributed by atoms with Crippen molar-refractivity contribution in [3.8, 4) is 5.75 Å². The van der Waals surface area contributed by atoms with Crippen molar-refractivity contribution in [1.29, 1.82) is 0 Å². The smallest absolute Gasteiger partial charge is 0.222 e. The van der Waals surface area contributed by atoms with Gasteiger partial charge in [0.15, 0.2) is 5.96 Å². The van der Waals surface area contributed by atoms with E-state index in [4.69, 9.17) is 4.74 Å². The number of guanidine groups is 1. The van der Waals surface area contributed by atoms with Gasteiger partial charge in [0, 0.05) is 45.6 Å². The molecule has 2 aromatic rings. The molecule has 1 atom stereocenters. The molecule has 162 valence electrons. The third-order valence-electron chi connectivity index (χ3n) is 5.25. The van der Waals surface area contributed by atoms with Gasteiger partial charge in [0.1, 0.15) is 5.75 Å². The Morgan fingerprint density at radius 1 is 1.13 bits per heavy atom. The molecule has 1 aliphatic heterocycles. The first kappa shape index (κ1) is 24.0. The lowest BCUT2D eigenvalue weighted by Crippen LogP contribution is -2.41. The zero-order chi connectivity index (χ0) is 20.5. The Morgan fingerprint density at radius 2 is 1.87 bits per heavy atom. The van der Waals surface area contributed by atoms with Crippen LogP contribution in [0, 0.1) is 0 Å². The van der Waals surface area contributed by atoms with Crippen molar-refractivity contribution in [3.05, 3.63) is 65.7 Å². The number of halogens is 1. The van der Waals surface area contributed by atoms with Gasteiger partial charge in [0.25, 0.3) is 0 Å². The number of amides is 1. The highest BCUT2D eigenvalue weighted by Crippen LogP contribution is 2.28. The quantitative estimate of drug-likeness (QED) is 0.333. The summed E-state index contributed by atoms with van der Waals surface area (Å²) in [6.07, 6.45) is 1.51. The summed E-state index contributed by atoms with van der Waals surface area (Å²) in [4.78, 5) is 18.7. The number of nitrogens with zero attached hydrogens (tertiary/aromatic N) is 2. The minimum Gasteiger partial charge on any atom is -0.497 e. The molecule has 0 aromatic heterocycles. The van der Waals surface area contributed by atoms with Gasteiger partial charge >= 0.3 is 0 Å². The van der Waals surface area contributed by atoms with Gasteiger partial charge in [-0.05, 0) is 29.7 Å². The molecule has 1 aliphatic rings. The normalized spacial score (nSPS) is 16.0. The van der Waals surface area contributed by atoms with E-state index in [2.05, 4.69) is 32.7 Å². The number of methoxy groups -OCH3 is 1. The summed E-state index contributed by atoms with van der Waals surface area (Å²) in [5.41, 5.74) is 2.43. The second-order valence-corrected chi connectivity index (χ2v) is 7.19. The molecule has 2 aromatic carbocycles. The molecule has 1 unspecified atom stereocenters. The van der Waals surface area contributed by atoms with Crippen molar-refractivity contribution >= 4 is 35.8 Å². The number of ether oxygens (including phenoxy) is 1. The molecule has 0 spiro atoms. The number of rotatable bonds is 7. The van der Waals surface area contributed by atoms with E-state index in [0.717, 1.165) is 36.8 Å². The van der Waals surface area contributed by atoms with Gasteiger partial charge in [-0.3, -0.25) is 9.79 Å². The van der Waals surface area contributed by atoms with Crippen LogP contribution in [-0.2, 0) is 11.3 Å². The van der Waals surface area contributed by atoms with E-state index in [9.17, 15) is 4.79 Å². The average Bonchev–Trinajstić information content (AvgIpc) is 3.26. The summed E-state index contributed by atoms with van der Waals surface area (Å²) >= 11 is 0. The van der Waals surface area contributed by atoms with E-state index < -0.39 is 0 Å². The Hall–Kier alpha value is -2.29. The second-order valence-electron chi connectivity index (χ2n) is 7.19. The molecule has 0 saturated carbocycles. The maximum Gasteiger partial charge on any atom is 0.222 e. The summed E-state index contributed by atoms with van der Waals surface area (Å²) < 4.78 is 5.24. The molecule has 1 heterocycles. The fourth-order valence-corrected chi connectivity index (χ4v) is 3.61. The largest absolute Gasteiger partial charge is 0.497 e. The molecule has 0 bridgehead atoms. The Labute approximate surface area is 196 Å². The number of likely N-dealkylation sites (tertiary alicyclic amines) is 1. The maximum absolute atomic E-state index is 12.1. The Bertz CT molecular complexity index is 812. The third kappa shape index (κ3) is 6.90. The van der Waals surface area contributed by atoms with Crippen LogP contribution >= 0.6 is 24.0 Å². The number of aliphatic imine (C=N–C) groups is 1. The summed E-state index contributed by atoms with van der Waals surface area (Å²) in [5, 5.41) is 6.28. The van der Waals surface area contributed by atoms with Crippen LogP contribution in [0.4, 0.5) is 0 Å². The first-order chi connectivity index (χ1) is 14.2. The number of hydrogen-bond acceptors (Lipinski definition) is 3. The molecule has 7 heteroatoms. The highest BCUT2D eigenvalue weighted by Gasteiger charge is 2.26. The predicted octanol–water partition coefficient (Wildman–Crippen LogP) is 3.38. The van der Waals surface area contributed by atoms with Gasteiger partial charge in [-0.1, -0.05) is 42.5 Å². The number of hydrogen-bond donors (Lipinski definition) is 2. The molecule has 2 N–H and O–H groups in total. The fraction of sp³-hybridized carbons (Fsp3) is 0.391. The summed E-state index contributed by atoms with van der Waals surface area (Å²) in [6, 6.07) is 18.2. The molecular formula is C23H31IN4O2. The minimum atomic E-state index is 0. The number of carbonyl (C=O) groups is 1. The van der Waals surface area contributed by atoms with Crippen molar-refractivity contribution in [2.75, 3.05) is 33.8 Å². The average molecular weight is 522 g/mol. The van der Waals surface area contributed by atoms with Crippen LogP contribution in [-0.4, -0.2) is 50.6 Å². The number of benzene rings is 2. The van der Waals surface area contributed by atoms with Crippen LogP contribution < -0.4 is 15.4 Å². The van der Waals surface area contributed by atoms with Crippen molar-refractivity contribution in [2.45, 2.75) is 25.3 Å². The first-order valence-electron chi connectivity index (χ1n) is 10.1. The SMILES string of the molecule is CN=C(NCCC(=O)NCc1ccccc1)N1CCC(c2ccc(OC)cc2)C1.I. The van der Waals surface area contributed by atoms with E-state index in [1.807, 2.05) is 42.5 Å². The summed E-state index contributed by atoms with van der Waals surface area (Å²) in [6.45, 7) is 3.00. The first-order valence-corrected chi connectivity index (χ1v) is 10.1. The molecule has 30 heavy (non-hydrogen) atoms. The zero-order valence-corrected chi connectivity index (χ0v) is 20.0. The van der Waals surface area contributed by atoms with Crippen LogP contribution in [0.25, 0.3) is 0 Å². The monoisotopic (exact) mass is 522 g/mol. The van der Waals surface area contributed by atoms with Crippen LogP contribution in [0.3, 0.4) is 0 Å². The molecule has 0 aliphatic carbocycles. The van der Waals surface area contributed by atoms with E-state index in [1.54, 1.807) is 14.2 Å². The fourth-order valence-electron chi connectivity index (χ4n) is 3.61. The van der Waals surface area contributed by atoms with Gasteiger partial charge in [-0.25, -0.2) is 0 Å². The number of carbonyl (C=O) groups excluding carboxylic acids is 1. The van der Waals surface area contributed by atoms with Gasteiger partial charge in [-0.2, -0.15) is 0 Å². The minimum absolute atomic E-state index is 0. The summed E-state index contributed by atoms with van der Waals surface area (Å²) in [7, 11) is 3.47. The predicted molar refractivity (Wildman–Crippen MR) is 132 cm³/mol. The van der Waals surface area contributed by atoms with E-state index in [1.165, 1.54) is 5.56 Å². The maximum atomic E-state index is 12.1. The molecule has 0 radical (unpaired) electrons. The lowest BCUT2D eigenvalue weighted by Gasteiger charge is -2.21. The molecule has 3 rings (SSSR count). The molecule has 1 fully saturated rings. The molecule has 6 nitrogen and oxygen atoms in total. The standard InChI is InChI=1S/C23H30N4O2.HI/c1-24-23(25-14-12-22(28)26-16-18-6-4-3-5-7-18)27-15-13-20(17-27)19-8-10-21(29-2)11-9-19;/h3-11,20H,12-17H2,1-2H3,(H,24,25)(H,26,28);1H. The lowest BCUT2D eigenvalue weighted by atomic mass is 9.98. The lowest BCUT2D eigenvalue weighted by molar-refractivity contribution is -0.121. The number of nitrogens with one attached hydrogen (secondary N) is 2. The van der Waals surface area contributed by atoms with Gasteiger partial charge in [-0.15, -0.1) is 24.0 Å². The molecule has 1 amide bonds. The zero-order valence-electron chi connectivity index (χ0n) is 17.6. The third-order valence-corrected chi connectivity index (χ3v) is 5.25. The van der Waals surface area contributed by atoms with E-state index >= 15 is 0 Å². The van der Waals surface area contributed by atoms with Crippen molar-refractivity contribution < 1.29 is 9.53 Å². The Kier molecular flexibility index (Phi) is 9.93. The molecular weight excluding hydrogens is 491 g/mol. The van der Waals surface area contributed by atoms with Crippen molar-refractivity contribution in [1.82, 2.24) is 15.5 Å². The Morgan fingerprint density at radius 3 is 2.53 bits per heavy atom. The highest BCUT2D eigenvalue weighted by atomic mass is 127. The van der Waals surface area contributed by atoms with Crippen LogP contribution in [0.15, 0.2) is 59.6 Å². The van der Waals surface area contributed by atoms with Crippen molar-refractivity contribution in [2.24, 2.45) is 4.99 Å². The van der Waals surface area contributed by atoms with E-state index in [-0.39, 0.29) is 29.9 Å². The topological polar surface area (TPSA) is 66.0 Å². The highest BCUT2D eigenvalue weighted by molar-refractivity contribution is 14.0.